The molecule has 6 heteroatoms. The molecule has 2 amide bonds. The van der Waals surface area contributed by atoms with E-state index < -0.39 is 6.04 Å². The fourth-order valence-corrected chi connectivity index (χ4v) is 3.52. The van der Waals surface area contributed by atoms with E-state index in [1.54, 1.807) is 11.9 Å². The van der Waals surface area contributed by atoms with Gasteiger partial charge in [-0.3, -0.25) is 14.5 Å². The van der Waals surface area contributed by atoms with Crippen LogP contribution >= 0.6 is 0 Å². The van der Waals surface area contributed by atoms with Gasteiger partial charge >= 0.3 is 0 Å². The highest BCUT2D eigenvalue weighted by molar-refractivity contribution is 5.88. The van der Waals surface area contributed by atoms with Gasteiger partial charge in [-0.25, -0.2) is 0 Å². The highest BCUT2D eigenvalue weighted by Gasteiger charge is 2.32. The molecule has 2 aromatic carbocycles. The van der Waals surface area contributed by atoms with E-state index in [2.05, 4.69) is 10.2 Å². The van der Waals surface area contributed by atoms with Crippen molar-refractivity contribution in [2.24, 2.45) is 0 Å². The van der Waals surface area contributed by atoms with Gasteiger partial charge in [-0.15, -0.1) is 0 Å². The van der Waals surface area contributed by atoms with Gasteiger partial charge in [0.1, 0.15) is 11.5 Å². The maximum atomic E-state index is 12.5. The second-order valence-corrected chi connectivity index (χ2v) is 7.36. The molecule has 1 heterocycles. The summed E-state index contributed by atoms with van der Waals surface area (Å²) in [6.45, 7) is 4.63. The molecule has 3 rings (SSSR count). The standard InChI is InChI=1S/C23H29N3O3/c1-3-13-25(2)22(27)16-21-23(28)24-12-14-26(21)17-18-8-7-11-20(15-18)29-19-9-5-4-6-10-19/h4-11,15,21H,3,12-14,16-17H2,1-2H3,(H,24,28). The molecular formula is C23H29N3O3. The minimum Gasteiger partial charge on any atom is -0.457 e. The van der Waals surface area contributed by atoms with Gasteiger partial charge in [0, 0.05) is 33.2 Å². The van der Waals surface area contributed by atoms with E-state index in [1.807, 2.05) is 61.5 Å². The van der Waals surface area contributed by atoms with Gasteiger partial charge in [0.05, 0.1) is 12.5 Å². The number of rotatable bonds is 8. The van der Waals surface area contributed by atoms with Crippen molar-refractivity contribution >= 4 is 11.8 Å². The Kier molecular flexibility index (Phi) is 7.25. The summed E-state index contributed by atoms with van der Waals surface area (Å²) in [5.41, 5.74) is 1.05. The van der Waals surface area contributed by atoms with Crippen LogP contribution in [-0.2, 0) is 16.1 Å². The van der Waals surface area contributed by atoms with Gasteiger partial charge in [-0.2, -0.15) is 0 Å². The number of nitrogens with one attached hydrogen (secondary N) is 1. The smallest absolute Gasteiger partial charge is 0.237 e. The molecular weight excluding hydrogens is 366 g/mol. The van der Waals surface area contributed by atoms with Gasteiger partial charge < -0.3 is 15.0 Å². The molecule has 1 atom stereocenters. The summed E-state index contributed by atoms with van der Waals surface area (Å²) in [6, 6.07) is 17.1. The van der Waals surface area contributed by atoms with Crippen LogP contribution < -0.4 is 10.1 Å². The van der Waals surface area contributed by atoms with E-state index >= 15 is 0 Å². The molecule has 154 valence electrons. The number of nitrogens with zero attached hydrogens (tertiary/aromatic N) is 2. The molecule has 6 nitrogen and oxygen atoms in total. The summed E-state index contributed by atoms with van der Waals surface area (Å²) in [5, 5.41) is 2.89. The molecule has 1 fully saturated rings. The largest absolute Gasteiger partial charge is 0.457 e. The Morgan fingerprint density at radius 1 is 1.17 bits per heavy atom. The summed E-state index contributed by atoms with van der Waals surface area (Å²) in [7, 11) is 1.79. The Morgan fingerprint density at radius 2 is 1.93 bits per heavy atom. The Hall–Kier alpha value is -2.86. The third-order valence-corrected chi connectivity index (χ3v) is 5.06. The summed E-state index contributed by atoms with van der Waals surface area (Å²) >= 11 is 0. The average molecular weight is 396 g/mol. The third-order valence-electron chi connectivity index (χ3n) is 5.06. The fraction of sp³-hybridized carbons (Fsp3) is 0.391. The highest BCUT2D eigenvalue weighted by atomic mass is 16.5. The van der Waals surface area contributed by atoms with E-state index in [0.717, 1.165) is 23.5 Å². The van der Waals surface area contributed by atoms with Crippen LogP contribution in [0.5, 0.6) is 11.5 Å². The number of amides is 2. The number of hydrogen-bond acceptors (Lipinski definition) is 4. The van der Waals surface area contributed by atoms with Crippen molar-refractivity contribution in [3.05, 3.63) is 60.2 Å². The molecule has 1 saturated heterocycles. The van der Waals surface area contributed by atoms with Gasteiger partial charge in [0.15, 0.2) is 0 Å². The molecule has 0 aromatic heterocycles. The Labute approximate surface area is 172 Å². The van der Waals surface area contributed by atoms with Crippen LogP contribution in [0.1, 0.15) is 25.3 Å². The number of carbonyl (C=O) groups is 2. The Balaban J connectivity index is 1.69. The normalized spacial score (nSPS) is 16.9. The zero-order chi connectivity index (χ0) is 20.6. The van der Waals surface area contributed by atoms with Crippen LogP contribution in [0.25, 0.3) is 0 Å². The molecule has 1 unspecified atom stereocenters. The van der Waals surface area contributed by atoms with E-state index in [1.165, 1.54) is 0 Å². The lowest BCUT2D eigenvalue weighted by Gasteiger charge is -2.35. The number of piperazine rings is 1. The molecule has 0 saturated carbocycles. The second kappa shape index (κ2) is 10.1. The lowest BCUT2D eigenvalue weighted by atomic mass is 10.1. The van der Waals surface area contributed by atoms with Crippen LogP contribution in [0.2, 0.25) is 0 Å². The molecule has 0 aliphatic carbocycles. The number of benzene rings is 2. The maximum Gasteiger partial charge on any atom is 0.237 e. The predicted molar refractivity (Wildman–Crippen MR) is 113 cm³/mol. The number of carbonyl (C=O) groups excluding carboxylic acids is 2. The van der Waals surface area contributed by atoms with Crippen LogP contribution in [0.15, 0.2) is 54.6 Å². The Morgan fingerprint density at radius 3 is 2.69 bits per heavy atom. The first-order valence-electron chi connectivity index (χ1n) is 10.1. The van der Waals surface area contributed by atoms with Crippen molar-refractivity contribution in [1.29, 1.82) is 0 Å². The van der Waals surface area contributed by atoms with E-state index in [-0.39, 0.29) is 18.2 Å². The van der Waals surface area contributed by atoms with Crippen molar-refractivity contribution in [2.45, 2.75) is 32.4 Å². The highest BCUT2D eigenvalue weighted by Crippen LogP contribution is 2.23. The first-order valence-corrected chi connectivity index (χ1v) is 10.1. The van der Waals surface area contributed by atoms with Gasteiger partial charge in [0.25, 0.3) is 0 Å². The van der Waals surface area contributed by atoms with E-state index in [4.69, 9.17) is 4.74 Å². The van der Waals surface area contributed by atoms with E-state index in [9.17, 15) is 9.59 Å². The first kappa shape index (κ1) is 20.9. The molecule has 1 N–H and O–H groups in total. The molecule has 1 aliphatic rings. The Bertz CT molecular complexity index is 825. The summed E-state index contributed by atoms with van der Waals surface area (Å²) in [4.78, 5) is 28.8. The summed E-state index contributed by atoms with van der Waals surface area (Å²) in [5.74, 6) is 1.46. The average Bonchev–Trinajstić information content (AvgIpc) is 2.72. The van der Waals surface area contributed by atoms with Crippen molar-refractivity contribution in [3.8, 4) is 11.5 Å². The lowest BCUT2D eigenvalue weighted by molar-refractivity contribution is -0.138. The number of para-hydroxylation sites is 1. The van der Waals surface area contributed by atoms with Crippen molar-refractivity contribution in [2.75, 3.05) is 26.7 Å². The third kappa shape index (κ3) is 5.81. The second-order valence-electron chi connectivity index (χ2n) is 7.36. The predicted octanol–water partition coefficient (Wildman–Crippen LogP) is 3.04. The molecule has 0 spiro atoms. The minimum absolute atomic E-state index is 0.0000571. The first-order chi connectivity index (χ1) is 14.1. The van der Waals surface area contributed by atoms with Crippen molar-refractivity contribution < 1.29 is 14.3 Å². The van der Waals surface area contributed by atoms with Crippen molar-refractivity contribution in [1.82, 2.24) is 15.1 Å². The quantitative estimate of drug-likeness (QED) is 0.746. The van der Waals surface area contributed by atoms with Crippen LogP contribution in [0.4, 0.5) is 0 Å². The zero-order valence-electron chi connectivity index (χ0n) is 17.1. The SMILES string of the molecule is CCCN(C)C(=O)CC1C(=O)NCCN1Cc1cccc(Oc2ccccc2)c1. The van der Waals surface area contributed by atoms with Crippen molar-refractivity contribution in [3.63, 3.8) is 0 Å². The topological polar surface area (TPSA) is 61.9 Å². The molecule has 2 aromatic rings. The minimum atomic E-state index is -0.450. The zero-order valence-corrected chi connectivity index (χ0v) is 17.1. The summed E-state index contributed by atoms with van der Waals surface area (Å²) in [6.07, 6.45) is 1.10. The van der Waals surface area contributed by atoms with Crippen LogP contribution in [0.3, 0.4) is 0 Å². The molecule has 0 radical (unpaired) electrons. The van der Waals surface area contributed by atoms with Gasteiger partial charge in [-0.05, 0) is 36.2 Å². The van der Waals surface area contributed by atoms with Crippen LogP contribution in [-0.4, -0.2) is 54.3 Å². The number of ether oxygens (including phenoxy) is 1. The lowest BCUT2D eigenvalue weighted by Crippen LogP contribution is -2.56. The van der Waals surface area contributed by atoms with Crippen LogP contribution in [0, 0.1) is 0 Å². The molecule has 29 heavy (non-hydrogen) atoms. The fourth-order valence-electron chi connectivity index (χ4n) is 3.52. The summed E-state index contributed by atoms with van der Waals surface area (Å²) < 4.78 is 5.92. The molecule has 1 aliphatic heterocycles. The molecule has 0 bridgehead atoms. The van der Waals surface area contributed by atoms with E-state index in [0.29, 0.717) is 26.2 Å². The monoisotopic (exact) mass is 395 g/mol. The number of hydrogen-bond donors (Lipinski definition) is 1. The maximum absolute atomic E-state index is 12.5. The van der Waals surface area contributed by atoms with Gasteiger partial charge in [-0.1, -0.05) is 37.3 Å². The van der Waals surface area contributed by atoms with Gasteiger partial charge in [0.2, 0.25) is 11.8 Å².